The number of hydrogen-bond acceptors (Lipinski definition) is 3. The summed E-state index contributed by atoms with van der Waals surface area (Å²) in [4.78, 5) is 13.8. The first-order valence-electron chi connectivity index (χ1n) is 17.9. The van der Waals surface area contributed by atoms with Crippen LogP contribution >= 0.6 is 11.8 Å². The van der Waals surface area contributed by atoms with Gasteiger partial charge in [0.25, 0.3) is 0 Å². The lowest BCUT2D eigenvalue weighted by Gasteiger charge is -2.07. The van der Waals surface area contributed by atoms with Crippen molar-refractivity contribution in [2.45, 2.75) is 154 Å². The van der Waals surface area contributed by atoms with Crippen LogP contribution in [0.15, 0.2) is 59.5 Å². The summed E-state index contributed by atoms with van der Waals surface area (Å²) in [5.74, 6) is 2.04. The second kappa shape index (κ2) is 26.4. The Labute approximate surface area is 269 Å². The van der Waals surface area contributed by atoms with Crippen LogP contribution in [-0.4, -0.2) is 18.1 Å². The molecule has 2 rings (SSSR count). The molecule has 2 aromatic rings. The minimum atomic E-state index is 0.0329. The average Bonchev–Trinajstić information content (AvgIpc) is 3.03. The van der Waals surface area contributed by atoms with Crippen LogP contribution in [0.4, 0.5) is 0 Å². The molecule has 0 saturated heterocycles. The highest BCUT2D eigenvalue weighted by Crippen LogP contribution is 2.21. The largest absolute Gasteiger partial charge is 0.494 e. The van der Waals surface area contributed by atoms with Crippen LogP contribution in [-0.2, 0) is 0 Å². The van der Waals surface area contributed by atoms with Gasteiger partial charge in [-0.1, -0.05) is 154 Å². The van der Waals surface area contributed by atoms with Crippen molar-refractivity contribution in [2.75, 3.05) is 12.4 Å². The smallest absolute Gasteiger partial charge is 0.185 e. The van der Waals surface area contributed by atoms with Crippen molar-refractivity contribution >= 4 is 23.6 Å². The average molecular weight is 607 g/mol. The lowest BCUT2D eigenvalue weighted by atomic mass is 10.0. The summed E-state index contributed by atoms with van der Waals surface area (Å²) >= 11 is 1.85. The van der Waals surface area contributed by atoms with Gasteiger partial charge in [-0.2, -0.15) is 0 Å². The molecule has 2 nitrogen and oxygen atoms in total. The van der Waals surface area contributed by atoms with Gasteiger partial charge < -0.3 is 4.74 Å². The van der Waals surface area contributed by atoms with Crippen molar-refractivity contribution in [3.05, 3.63) is 65.7 Å². The van der Waals surface area contributed by atoms with Crippen molar-refractivity contribution in [3.63, 3.8) is 0 Å². The fourth-order valence-corrected chi connectivity index (χ4v) is 6.39. The molecule has 0 spiro atoms. The number of carbonyl (C=O) groups is 1. The number of benzene rings is 2. The number of ether oxygens (including phenoxy) is 1. The first kappa shape index (κ1) is 37.2. The summed E-state index contributed by atoms with van der Waals surface area (Å²) in [5.41, 5.74) is 1.72. The van der Waals surface area contributed by atoms with Crippen LogP contribution in [0.2, 0.25) is 0 Å². The molecule has 3 heteroatoms. The van der Waals surface area contributed by atoms with E-state index in [0.717, 1.165) is 35.7 Å². The van der Waals surface area contributed by atoms with Crippen LogP contribution < -0.4 is 4.74 Å². The predicted molar refractivity (Wildman–Crippen MR) is 191 cm³/mol. The molecule has 43 heavy (non-hydrogen) atoms. The van der Waals surface area contributed by atoms with E-state index in [1.807, 2.05) is 54.2 Å². The maximum Gasteiger partial charge on any atom is 0.185 e. The third kappa shape index (κ3) is 19.8. The molecule has 0 N–H and O–H groups in total. The van der Waals surface area contributed by atoms with Crippen LogP contribution in [0.1, 0.15) is 165 Å². The normalized spacial score (nSPS) is 11.4. The zero-order valence-electron chi connectivity index (χ0n) is 27.8. The second-order valence-corrected chi connectivity index (χ2v) is 13.4. The molecule has 0 fully saturated rings. The van der Waals surface area contributed by atoms with E-state index >= 15 is 0 Å². The fraction of sp³-hybridized carbons (Fsp3) is 0.625. The van der Waals surface area contributed by atoms with Gasteiger partial charge in [-0.3, -0.25) is 4.79 Å². The van der Waals surface area contributed by atoms with E-state index in [1.165, 1.54) is 133 Å². The number of carbonyl (C=O) groups excluding carboxylic acids is 1. The second-order valence-electron chi connectivity index (χ2n) is 12.2. The van der Waals surface area contributed by atoms with Crippen LogP contribution in [0.3, 0.4) is 0 Å². The van der Waals surface area contributed by atoms with Crippen molar-refractivity contribution < 1.29 is 9.53 Å². The Morgan fingerprint density at radius 2 is 1.14 bits per heavy atom. The Kier molecular flexibility index (Phi) is 22.8. The summed E-state index contributed by atoms with van der Waals surface area (Å²) in [7, 11) is 0. The van der Waals surface area contributed by atoms with Gasteiger partial charge in [0.05, 0.1) is 6.61 Å². The van der Waals surface area contributed by atoms with Crippen molar-refractivity contribution in [3.8, 4) is 5.75 Å². The molecular weight excluding hydrogens is 545 g/mol. The van der Waals surface area contributed by atoms with Crippen molar-refractivity contribution in [1.82, 2.24) is 0 Å². The van der Waals surface area contributed by atoms with Crippen molar-refractivity contribution in [1.29, 1.82) is 0 Å². The highest BCUT2D eigenvalue weighted by Gasteiger charge is 2.03. The van der Waals surface area contributed by atoms with E-state index in [4.69, 9.17) is 4.74 Å². The summed E-state index contributed by atoms with van der Waals surface area (Å²) in [6, 6.07) is 16.0. The Morgan fingerprint density at radius 1 is 0.628 bits per heavy atom. The minimum Gasteiger partial charge on any atom is -0.494 e. The number of allylic oxidation sites excluding steroid dienone is 1. The number of unbranched alkanes of at least 4 members (excludes halogenated alkanes) is 19. The molecule has 2 aromatic carbocycles. The molecule has 0 atom stereocenters. The van der Waals surface area contributed by atoms with Gasteiger partial charge in [0.15, 0.2) is 5.78 Å². The number of ketones is 1. The number of rotatable bonds is 28. The minimum absolute atomic E-state index is 0.0329. The third-order valence-electron chi connectivity index (χ3n) is 8.21. The first-order chi connectivity index (χ1) is 21.2. The summed E-state index contributed by atoms with van der Waals surface area (Å²) in [6.07, 6.45) is 32.4. The van der Waals surface area contributed by atoms with Crippen LogP contribution in [0.25, 0.3) is 6.08 Å². The van der Waals surface area contributed by atoms with Gasteiger partial charge in [0.1, 0.15) is 5.75 Å². The first-order valence-corrected chi connectivity index (χ1v) is 18.9. The molecule has 0 aromatic heterocycles. The highest BCUT2D eigenvalue weighted by molar-refractivity contribution is 7.99. The van der Waals surface area contributed by atoms with Crippen LogP contribution in [0.5, 0.6) is 5.75 Å². The van der Waals surface area contributed by atoms with E-state index in [1.54, 1.807) is 6.08 Å². The van der Waals surface area contributed by atoms with Gasteiger partial charge in [0, 0.05) is 10.5 Å². The van der Waals surface area contributed by atoms with E-state index in [9.17, 15) is 4.79 Å². The summed E-state index contributed by atoms with van der Waals surface area (Å²) in [5, 5.41) is 0. The third-order valence-corrected chi connectivity index (χ3v) is 9.31. The molecule has 0 unspecified atom stereocenters. The lowest BCUT2D eigenvalue weighted by Crippen LogP contribution is -1.97. The molecule has 0 aliphatic heterocycles. The molecule has 0 bridgehead atoms. The maximum absolute atomic E-state index is 12.6. The van der Waals surface area contributed by atoms with Gasteiger partial charge in [-0.25, -0.2) is 0 Å². The maximum atomic E-state index is 12.6. The number of thioether (sulfide) groups is 1. The lowest BCUT2D eigenvalue weighted by molar-refractivity contribution is 0.104. The molecule has 0 heterocycles. The Hall–Kier alpha value is -2.00. The van der Waals surface area contributed by atoms with Gasteiger partial charge >= 0.3 is 0 Å². The molecule has 0 amide bonds. The Bertz CT molecular complexity index is 965. The molecule has 0 aliphatic rings. The standard InChI is InChI=1S/C40H62O2S/c1-3-5-7-8-9-10-11-12-13-14-15-16-17-18-19-20-21-22-23-33-42-38-26-24-25-36(35-38)27-32-40(41)37-28-30-39(31-29-37)43-34-6-4-2/h24-32,35H,3-23,33-34H2,1-2H3. The molecule has 0 saturated carbocycles. The van der Waals surface area contributed by atoms with E-state index in [0.29, 0.717) is 0 Å². The summed E-state index contributed by atoms with van der Waals surface area (Å²) < 4.78 is 6.00. The SMILES string of the molecule is CCCCCCCCCCCCCCCCCCCCCOc1cccc(C=CC(=O)c2ccc(SCCCC)cc2)c1. The Morgan fingerprint density at radius 3 is 1.67 bits per heavy atom. The van der Waals surface area contributed by atoms with Gasteiger partial charge in [-0.05, 0) is 66.6 Å². The molecule has 0 aliphatic carbocycles. The van der Waals surface area contributed by atoms with Gasteiger partial charge in [-0.15, -0.1) is 11.8 Å². The van der Waals surface area contributed by atoms with Crippen molar-refractivity contribution in [2.24, 2.45) is 0 Å². The molecular formula is C40H62O2S. The topological polar surface area (TPSA) is 26.3 Å². The predicted octanol–water partition coefficient (Wildman–Crippen LogP) is 13.3. The van der Waals surface area contributed by atoms with E-state index in [-0.39, 0.29) is 5.78 Å². The zero-order valence-corrected chi connectivity index (χ0v) is 28.6. The molecule has 240 valence electrons. The highest BCUT2D eigenvalue weighted by atomic mass is 32.2. The van der Waals surface area contributed by atoms with E-state index < -0.39 is 0 Å². The zero-order chi connectivity index (χ0) is 30.6. The fourth-order valence-electron chi connectivity index (χ4n) is 5.40. The quantitative estimate of drug-likeness (QED) is 0.0417. The molecule has 0 radical (unpaired) electrons. The monoisotopic (exact) mass is 606 g/mol. The number of hydrogen-bond donors (Lipinski definition) is 0. The van der Waals surface area contributed by atoms with Crippen LogP contribution in [0, 0.1) is 0 Å². The summed E-state index contributed by atoms with van der Waals surface area (Å²) in [6.45, 7) is 5.26. The van der Waals surface area contributed by atoms with E-state index in [2.05, 4.69) is 26.0 Å². The van der Waals surface area contributed by atoms with Gasteiger partial charge in [0.2, 0.25) is 0 Å². The Balaban J connectivity index is 1.44.